The number of hydrogen-bond donors (Lipinski definition) is 1. The second-order valence-corrected chi connectivity index (χ2v) is 13.4. The Labute approximate surface area is 247 Å². The number of amides is 1. The summed E-state index contributed by atoms with van der Waals surface area (Å²) in [6, 6.07) is 16.6. The van der Waals surface area contributed by atoms with E-state index in [0.29, 0.717) is 17.5 Å². The van der Waals surface area contributed by atoms with Crippen LogP contribution in [0.5, 0.6) is 0 Å². The predicted octanol–water partition coefficient (Wildman–Crippen LogP) is 6.84. The molecule has 4 aliphatic rings. The summed E-state index contributed by atoms with van der Waals surface area (Å²) in [4.78, 5) is 15.7. The molecule has 0 spiro atoms. The Morgan fingerprint density at radius 2 is 1.95 bits per heavy atom. The molecule has 1 amide bonds. The molecule has 43 heavy (non-hydrogen) atoms. The number of aromatic amines is 1. The van der Waals surface area contributed by atoms with Gasteiger partial charge in [0.2, 0.25) is 0 Å². The molecule has 5 heterocycles. The smallest absolute Gasteiger partial charge is 0.255 e. The van der Waals surface area contributed by atoms with Crippen molar-refractivity contribution in [1.29, 1.82) is 0 Å². The monoisotopic (exact) mass is 570 g/mol. The third-order valence-electron chi connectivity index (χ3n) is 11.1. The minimum absolute atomic E-state index is 0.150. The lowest BCUT2D eigenvalue weighted by Crippen LogP contribution is -2.53. The Bertz CT molecular complexity index is 2150. The number of halogens is 1. The van der Waals surface area contributed by atoms with Gasteiger partial charge in [-0.2, -0.15) is 10.2 Å². The van der Waals surface area contributed by atoms with E-state index in [1.807, 2.05) is 22.8 Å². The molecule has 2 aromatic carbocycles. The van der Waals surface area contributed by atoms with Crippen LogP contribution in [-0.4, -0.2) is 47.8 Å². The van der Waals surface area contributed by atoms with Crippen molar-refractivity contribution in [3.8, 4) is 22.5 Å². The molecule has 6 aromatic rings. The van der Waals surface area contributed by atoms with Gasteiger partial charge in [0.1, 0.15) is 17.0 Å². The van der Waals surface area contributed by atoms with Crippen LogP contribution < -0.4 is 0 Å². The van der Waals surface area contributed by atoms with Crippen LogP contribution in [-0.2, 0) is 6.54 Å². The lowest BCUT2D eigenvalue weighted by Gasteiger charge is -2.52. The summed E-state index contributed by atoms with van der Waals surface area (Å²) in [5, 5.41) is 13.9. The zero-order chi connectivity index (χ0) is 28.6. The van der Waals surface area contributed by atoms with Gasteiger partial charge in [0.15, 0.2) is 0 Å². The van der Waals surface area contributed by atoms with E-state index in [9.17, 15) is 9.18 Å². The molecule has 1 saturated heterocycles. The number of likely N-dealkylation sites (tertiary alicyclic amines) is 1. The molecule has 3 unspecified atom stereocenters. The molecule has 10 rings (SSSR count). The second-order valence-electron chi connectivity index (χ2n) is 13.4. The van der Waals surface area contributed by atoms with Crippen molar-refractivity contribution in [3.05, 3.63) is 77.9 Å². The quantitative estimate of drug-likeness (QED) is 0.247. The molecule has 4 atom stereocenters. The predicted molar refractivity (Wildman–Crippen MR) is 163 cm³/mol. The minimum Gasteiger partial charge on any atom is -0.339 e. The fourth-order valence-corrected chi connectivity index (χ4v) is 8.53. The zero-order valence-corrected chi connectivity index (χ0v) is 23.9. The summed E-state index contributed by atoms with van der Waals surface area (Å²) in [6.45, 7) is 3.98. The van der Waals surface area contributed by atoms with Crippen LogP contribution in [0.25, 0.3) is 49.8 Å². The number of fused-ring (bicyclic) bond motifs is 3. The number of carbonyl (C=O) groups is 1. The topological polar surface area (TPSA) is 71.2 Å². The Kier molecular flexibility index (Phi) is 4.66. The summed E-state index contributed by atoms with van der Waals surface area (Å²) in [5.74, 6) is 2.86. The van der Waals surface area contributed by atoms with E-state index in [1.54, 1.807) is 6.20 Å². The largest absolute Gasteiger partial charge is 0.339 e. The number of benzene rings is 2. The molecular weight excluding hydrogens is 539 g/mol. The molecule has 214 valence electrons. The maximum absolute atomic E-state index is 14.4. The van der Waals surface area contributed by atoms with Crippen LogP contribution in [0.2, 0.25) is 0 Å². The molecular formula is C35H31FN6O. The number of nitrogens with one attached hydrogen (secondary N) is 1. The van der Waals surface area contributed by atoms with Crippen LogP contribution in [0.4, 0.5) is 4.39 Å². The van der Waals surface area contributed by atoms with Gasteiger partial charge < -0.3 is 9.47 Å². The number of hydrogen-bond acceptors (Lipinski definition) is 3. The first-order chi connectivity index (χ1) is 21.0. The summed E-state index contributed by atoms with van der Waals surface area (Å²) in [6.07, 6.45) is 8.59. The van der Waals surface area contributed by atoms with Crippen LogP contribution in [0.3, 0.4) is 0 Å². The van der Waals surface area contributed by atoms with E-state index in [0.717, 1.165) is 86.3 Å². The molecule has 0 bridgehead atoms. The van der Waals surface area contributed by atoms with Gasteiger partial charge in [0.25, 0.3) is 5.91 Å². The van der Waals surface area contributed by atoms with Crippen LogP contribution in [0.15, 0.2) is 60.9 Å². The Hall–Kier alpha value is -4.46. The molecule has 7 nitrogen and oxygen atoms in total. The lowest BCUT2D eigenvalue weighted by molar-refractivity contribution is -0.0204. The van der Waals surface area contributed by atoms with E-state index in [2.05, 4.69) is 56.9 Å². The Balaban J connectivity index is 1.07. The van der Waals surface area contributed by atoms with E-state index in [-0.39, 0.29) is 11.7 Å². The van der Waals surface area contributed by atoms with Crippen LogP contribution in [0.1, 0.15) is 41.6 Å². The van der Waals surface area contributed by atoms with Gasteiger partial charge in [-0.3, -0.25) is 9.89 Å². The fourth-order valence-electron chi connectivity index (χ4n) is 8.53. The number of aromatic nitrogens is 5. The Morgan fingerprint density at radius 3 is 2.79 bits per heavy atom. The first-order valence-corrected chi connectivity index (χ1v) is 15.6. The van der Waals surface area contributed by atoms with Gasteiger partial charge >= 0.3 is 0 Å². The van der Waals surface area contributed by atoms with E-state index < -0.39 is 0 Å². The average Bonchev–Trinajstić information content (AvgIpc) is 3.39. The highest BCUT2D eigenvalue weighted by molar-refractivity contribution is 5.98. The minimum atomic E-state index is -0.298. The Morgan fingerprint density at radius 1 is 1.05 bits per heavy atom. The molecule has 3 saturated carbocycles. The maximum Gasteiger partial charge on any atom is 0.255 e. The van der Waals surface area contributed by atoms with Crippen molar-refractivity contribution in [2.45, 2.75) is 45.2 Å². The van der Waals surface area contributed by atoms with Crippen molar-refractivity contribution in [1.82, 2.24) is 29.3 Å². The normalized spacial score (nSPS) is 24.1. The molecule has 1 N–H and O–H groups in total. The summed E-state index contributed by atoms with van der Waals surface area (Å²) in [7, 11) is 0. The summed E-state index contributed by atoms with van der Waals surface area (Å²) < 4.78 is 18.7. The van der Waals surface area contributed by atoms with Crippen LogP contribution >= 0.6 is 0 Å². The van der Waals surface area contributed by atoms with Crippen molar-refractivity contribution in [3.63, 3.8) is 0 Å². The third kappa shape index (κ3) is 3.32. The number of carbonyl (C=O) groups excluding carboxylic acids is 1. The second kappa shape index (κ2) is 8.34. The van der Waals surface area contributed by atoms with Gasteiger partial charge in [-0.1, -0.05) is 18.2 Å². The number of nitrogens with zero attached hydrogens (tertiary/aromatic N) is 5. The van der Waals surface area contributed by atoms with Gasteiger partial charge in [-0.25, -0.2) is 8.91 Å². The number of pyridine rings is 1. The highest BCUT2D eigenvalue weighted by atomic mass is 19.1. The van der Waals surface area contributed by atoms with E-state index in [1.165, 1.54) is 31.7 Å². The average molecular weight is 571 g/mol. The third-order valence-corrected chi connectivity index (χ3v) is 11.1. The van der Waals surface area contributed by atoms with Crippen molar-refractivity contribution in [2.24, 2.45) is 23.7 Å². The summed E-state index contributed by atoms with van der Waals surface area (Å²) in [5.41, 5.74) is 8.46. The van der Waals surface area contributed by atoms with Crippen molar-refractivity contribution >= 4 is 33.2 Å². The highest BCUT2D eigenvalue weighted by Gasteiger charge is 2.61. The van der Waals surface area contributed by atoms with Crippen molar-refractivity contribution < 1.29 is 9.18 Å². The fraction of sp³-hybridized carbons (Fsp3) is 0.343. The maximum atomic E-state index is 14.4. The number of aryl methyl sites for hydroxylation is 1. The van der Waals surface area contributed by atoms with Gasteiger partial charge in [0, 0.05) is 47.2 Å². The lowest BCUT2D eigenvalue weighted by atomic mass is 9.53. The molecule has 1 aliphatic heterocycles. The first-order valence-electron chi connectivity index (χ1n) is 15.6. The number of H-pyrrole nitrogens is 1. The van der Waals surface area contributed by atoms with Crippen LogP contribution in [0, 0.1) is 36.4 Å². The first kappa shape index (κ1) is 24.0. The molecule has 0 radical (unpaired) electrons. The van der Waals surface area contributed by atoms with Gasteiger partial charge in [-0.05, 0) is 97.7 Å². The zero-order valence-electron chi connectivity index (χ0n) is 23.9. The van der Waals surface area contributed by atoms with Gasteiger partial charge in [0.05, 0.1) is 23.0 Å². The molecule has 3 aliphatic carbocycles. The summed E-state index contributed by atoms with van der Waals surface area (Å²) >= 11 is 0. The standard InChI is InChI=1S/C35H31FN6O/c1-18-28-9-6-22(35(43)41-16-24-10-23-13-30(41)32(23)24)17-42(28)39-33(18)31-12-21-5-4-20(11-29(21)40(31)15-19-2-3-19)25-7-8-27(36)34-26(25)14-37-38-34/h4-9,11-12,14,17,19,23-24,30,32H,2-3,10,13,15-16H2,1H3,(H,37,38)/t23?,24?,30?,32-/m1/s1. The molecule has 4 aromatic heterocycles. The van der Waals surface area contributed by atoms with E-state index >= 15 is 0 Å². The molecule has 8 heteroatoms. The van der Waals surface area contributed by atoms with Crippen molar-refractivity contribution in [2.75, 3.05) is 6.54 Å². The molecule has 4 fully saturated rings. The highest BCUT2D eigenvalue weighted by Crippen LogP contribution is 2.60. The number of rotatable bonds is 5. The van der Waals surface area contributed by atoms with Gasteiger partial charge in [-0.15, -0.1) is 0 Å². The van der Waals surface area contributed by atoms with E-state index in [4.69, 9.17) is 5.10 Å². The SMILES string of the molecule is Cc1c(-c2cc3ccc(-c4ccc(F)c5[nH]ncc45)cc3n2CC2CC2)nn2cc(C(=O)N3CC4CC5CC3[C@H]54)ccc12.